The average Bonchev–Trinajstić information content (AvgIpc) is 3.42. The van der Waals surface area contributed by atoms with Crippen molar-refractivity contribution in [1.29, 1.82) is 0 Å². The number of halogens is 1. The summed E-state index contributed by atoms with van der Waals surface area (Å²) in [6, 6.07) is 9.88. The smallest absolute Gasteiger partial charge is 0.239 e. The Balaban J connectivity index is 1.45. The molecule has 164 valence electrons. The van der Waals surface area contributed by atoms with Crippen molar-refractivity contribution in [2.45, 2.75) is 37.2 Å². The predicted molar refractivity (Wildman–Crippen MR) is 125 cm³/mol. The van der Waals surface area contributed by atoms with Crippen LogP contribution in [0.15, 0.2) is 59.3 Å². The van der Waals surface area contributed by atoms with Crippen LogP contribution in [0.5, 0.6) is 0 Å². The lowest BCUT2D eigenvalue weighted by molar-refractivity contribution is -0.115. The molecule has 3 heterocycles. The van der Waals surface area contributed by atoms with Crippen LogP contribution in [-0.4, -0.2) is 35.9 Å². The molecule has 10 heteroatoms. The van der Waals surface area contributed by atoms with Crippen LogP contribution >= 0.6 is 23.1 Å². The lowest BCUT2D eigenvalue weighted by atomic mass is 10.2. The van der Waals surface area contributed by atoms with Crippen LogP contribution in [0.2, 0.25) is 0 Å². The fourth-order valence-electron chi connectivity index (χ4n) is 3.02. The van der Waals surface area contributed by atoms with Crippen molar-refractivity contribution in [1.82, 2.24) is 24.7 Å². The third-order valence-corrected chi connectivity index (χ3v) is 6.47. The number of aromatic nitrogens is 5. The van der Waals surface area contributed by atoms with E-state index >= 15 is 0 Å². The predicted octanol–water partition coefficient (Wildman–Crippen LogP) is 5.13. The molecular weight excluding hydrogens is 447 g/mol. The third kappa shape index (κ3) is 5.03. The number of nitrogens with zero attached hydrogens (tertiary/aromatic N) is 5. The summed E-state index contributed by atoms with van der Waals surface area (Å²) >= 11 is 2.68. The van der Waals surface area contributed by atoms with Crippen molar-refractivity contribution < 1.29 is 9.18 Å². The number of hydrogen-bond donors (Lipinski definition) is 1. The first-order valence-corrected chi connectivity index (χ1v) is 11.8. The molecule has 1 aromatic carbocycles. The van der Waals surface area contributed by atoms with Gasteiger partial charge < -0.3 is 9.88 Å². The van der Waals surface area contributed by atoms with Crippen molar-refractivity contribution in [3.05, 3.63) is 60.0 Å². The van der Waals surface area contributed by atoms with Crippen LogP contribution in [-0.2, 0) is 11.3 Å². The summed E-state index contributed by atoms with van der Waals surface area (Å²) in [4.78, 5) is 21.3. The maximum Gasteiger partial charge on any atom is 0.239 e. The fraction of sp³-hybridized carbons (Fsp3) is 0.227. The number of hydrogen-bond acceptors (Lipinski definition) is 7. The first-order valence-electron chi connectivity index (χ1n) is 10.1. The molecule has 1 amide bonds. The van der Waals surface area contributed by atoms with Gasteiger partial charge in [-0.1, -0.05) is 18.7 Å². The zero-order valence-corrected chi connectivity index (χ0v) is 19.2. The van der Waals surface area contributed by atoms with Crippen molar-refractivity contribution >= 4 is 34.1 Å². The molecule has 0 saturated carbocycles. The quantitative estimate of drug-likeness (QED) is 0.361. The molecule has 3 aromatic heterocycles. The van der Waals surface area contributed by atoms with E-state index < -0.39 is 5.25 Å². The molecular formula is C22H21FN6OS2. The van der Waals surface area contributed by atoms with Crippen LogP contribution in [0.4, 0.5) is 9.52 Å². The first-order chi connectivity index (χ1) is 15.5. The molecule has 7 nitrogen and oxygen atoms in total. The highest BCUT2D eigenvalue weighted by Crippen LogP contribution is 2.29. The molecule has 4 rings (SSSR count). The van der Waals surface area contributed by atoms with Gasteiger partial charge in [0.15, 0.2) is 16.1 Å². The zero-order valence-electron chi connectivity index (χ0n) is 17.5. The number of pyridine rings is 1. The summed E-state index contributed by atoms with van der Waals surface area (Å²) in [5, 5.41) is 14.1. The van der Waals surface area contributed by atoms with Gasteiger partial charge in [0.2, 0.25) is 5.91 Å². The number of anilines is 1. The van der Waals surface area contributed by atoms with Gasteiger partial charge in [-0.2, -0.15) is 0 Å². The van der Waals surface area contributed by atoms with E-state index in [1.165, 1.54) is 35.2 Å². The van der Waals surface area contributed by atoms with Gasteiger partial charge >= 0.3 is 0 Å². The van der Waals surface area contributed by atoms with E-state index in [9.17, 15) is 9.18 Å². The van der Waals surface area contributed by atoms with E-state index in [1.54, 1.807) is 24.5 Å². The standard InChI is InChI=1S/C22H21FN6OS2/c1-3-12-29-19(16-8-10-24-11-9-16)27-28-22(29)32-14(2)20(30)26-21-25-18(13-31-21)15-4-6-17(23)7-5-15/h4-11,13-14H,3,12H2,1-2H3,(H,25,26,30). The maximum atomic E-state index is 13.1. The summed E-state index contributed by atoms with van der Waals surface area (Å²) in [6.45, 7) is 4.66. The minimum atomic E-state index is -0.404. The topological polar surface area (TPSA) is 85.6 Å². The van der Waals surface area contributed by atoms with Crippen molar-refractivity contribution in [3.63, 3.8) is 0 Å². The number of carbonyl (C=O) groups is 1. The number of carbonyl (C=O) groups excluding carboxylic acids is 1. The van der Waals surface area contributed by atoms with Gasteiger partial charge in [-0.05, 0) is 49.7 Å². The van der Waals surface area contributed by atoms with Crippen LogP contribution < -0.4 is 5.32 Å². The summed E-state index contributed by atoms with van der Waals surface area (Å²) in [7, 11) is 0. The second kappa shape index (κ2) is 10.0. The third-order valence-electron chi connectivity index (χ3n) is 4.63. The highest BCUT2D eigenvalue weighted by atomic mass is 32.2. The second-order valence-electron chi connectivity index (χ2n) is 6.99. The van der Waals surface area contributed by atoms with Crippen LogP contribution in [0.25, 0.3) is 22.6 Å². The average molecular weight is 469 g/mol. The number of nitrogens with one attached hydrogen (secondary N) is 1. The van der Waals surface area contributed by atoms with E-state index in [-0.39, 0.29) is 11.7 Å². The Kier molecular flexibility index (Phi) is 6.91. The second-order valence-corrected chi connectivity index (χ2v) is 9.15. The van der Waals surface area contributed by atoms with Crippen LogP contribution in [0, 0.1) is 5.82 Å². The summed E-state index contributed by atoms with van der Waals surface area (Å²) in [5.41, 5.74) is 2.41. The lowest BCUT2D eigenvalue weighted by Crippen LogP contribution is -2.23. The van der Waals surface area contributed by atoms with Gasteiger partial charge in [0.1, 0.15) is 5.82 Å². The van der Waals surface area contributed by atoms with Gasteiger partial charge in [0, 0.05) is 35.4 Å². The molecule has 0 aliphatic rings. The van der Waals surface area contributed by atoms with Crippen LogP contribution in [0.3, 0.4) is 0 Å². The van der Waals surface area contributed by atoms with Gasteiger partial charge in [0.05, 0.1) is 10.9 Å². The molecule has 0 spiro atoms. The summed E-state index contributed by atoms with van der Waals surface area (Å²) < 4.78 is 15.2. The Labute approximate surface area is 193 Å². The minimum Gasteiger partial charge on any atom is -0.302 e. The Bertz CT molecular complexity index is 1190. The molecule has 32 heavy (non-hydrogen) atoms. The molecule has 0 saturated heterocycles. The highest BCUT2D eigenvalue weighted by Gasteiger charge is 2.21. The van der Waals surface area contributed by atoms with Gasteiger partial charge in [-0.3, -0.25) is 9.78 Å². The number of thioether (sulfide) groups is 1. The number of thiazole rings is 1. The molecule has 0 bridgehead atoms. The molecule has 0 fully saturated rings. The lowest BCUT2D eigenvalue weighted by Gasteiger charge is -2.12. The molecule has 4 aromatic rings. The molecule has 1 atom stereocenters. The van der Waals surface area contributed by atoms with Crippen molar-refractivity contribution in [3.8, 4) is 22.6 Å². The Hall–Kier alpha value is -3.11. The molecule has 1 N–H and O–H groups in total. The molecule has 0 radical (unpaired) electrons. The Morgan fingerprint density at radius 1 is 1.16 bits per heavy atom. The van der Waals surface area contributed by atoms with Crippen molar-refractivity contribution in [2.75, 3.05) is 5.32 Å². The monoisotopic (exact) mass is 468 g/mol. The number of benzene rings is 1. The van der Waals surface area contributed by atoms with Crippen molar-refractivity contribution in [2.24, 2.45) is 0 Å². The van der Waals surface area contributed by atoms with E-state index in [1.807, 2.05) is 29.0 Å². The highest BCUT2D eigenvalue weighted by molar-refractivity contribution is 8.00. The first kappa shape index (κ1) is 22.1. The zero-order chi connectivity index (χ0) is 22.5. The fourth-order valence-corrected chi connectivity index (χ4v) is 4.62. The van der Waals surface area contributed by atoms with E-state index in [2.05, 4.69) is 32.4 Å². The van der Waals surface area contributed by atoms with Gasteiger partial charge in [-0.25, -0.2) is 9.37 Å². The number of amides is 1. The van der Waals surface area contributed by atoms with E-state index in [4.69, 9.17) is 0 Å². The maximum absolute atomic E-state index is 13.1. The molecule has 0 aliphatic carbocycles. The minimum absolute atomic E-state index is 0.175. The van der Waals surface area contributed by atoms with Crippen LogP contribution in [0.1, 0.15) is 20.3 Å². The van der Waals surface area contributed by atoms with Gasteiger partial charge in [-0.15, -0.1) is 21.5 Å². The Morgan fingerprint density at radius 3 is 2.62 bits per heavy atom. The SMILES string of the molecule is CCCn1c(SC(C)C(=O)Nc2nc(-c3ccc(F)cc3)cs2)nnc1-c1ccncc1. The molecule has 1 unspecified atom stereocenters. The normalized spacial score (nSPS) is 12.0. The molecule has 0 aliphatic heterocycles. The summed E-state index contributed by atoms with van der Waals surface area (Å²) in [6.07, 6.45) is 4.35. The largest absolute Gasteiger partial charge is 0.302 e. The Morgan fingerprint density at radius 2 is 1.91 bits per heavy atom. The van der Waals surface area contributed by atoms with E-state index in [0.717, 1.165) is 29.9 Å². The van der Waals surface area contributed by atoms with E-state index in [0.29, 0.717) is 16.0 Å². The summed E-state index contributed by atoms with van der Waals surface area (Å²) in [5.74, 6) is 0.283. The number of rotatable bonds is 8. The van der Waals surface area contributed by atoms with Gasteiger partial charge in [0.25, 0.3) is 0 Å².